The second-order valence-electron chi connectivity index (χ2n) is 6.09. The highest BCUT2D eigenvalue weighted by molar-refractivity contribution is 5.91. The number of aliphatic hydroxyl groups is 2. The van der Waals surface area contributed by atoms with Crippen molar-refractivity contribution in [3.8, 4) is 0 Å². The quantitative estimate of drug-likeness (QED) is 0.575. The number of aliphatic hydroxyl groups excluding tert-OH is 2. The first-order valence-corrected chi connectivity index (χ1v) is 8.31. The molecule has 0 saturated heterocycles. The summed E-state index contributed by atoms with van der Waals surface area (Å²) in [5.74, 6) is -1.96. The Morgan fingerprint density at radius 3 is 2.14 bits per heavy atom. The van der Waals surface area contributed by atoms with Crippen LogP contribution in [0.15, 0.2) is 12.2 Å². The average molecular weight is 312 g/mol. The van der Waals surface area contributed by atoms with E-state index in [9.17, 15) is 19.8 Å². The molecule has 0 aliphatic carbocycles. The zero-order valence-electron chi connectivity index (χ0n) is 14.6. The number of hydrogen-bond donors (Lipinski definition) is 2. The molecule has 0 bridgehead atoms. The second-order valence-corrected chi connectivity index (χ2v) is 6.09. The molecule has 0 aliphatic rings. The van der Waals surface area contributed by atoms with E-state index in [1.165, 1.54) is 0 Å². The summed E-state index contributed by atoms with van der Waals surface area (Å²) in [6, 6.07) is 0. The fourth-order valence-corrected chi connectivity index (χ4v) is 2.83. The van der Waals surface area contributed by atoms with E-state index in [1.54, 1.807) is 13.8 Å². The van der Waals surface area contributed by atoms with Gasteiger partial charge in [-0.15, -0.1) is 0 Å². The van der Waals surface area contributed by atoms with Crippen LogP contribution in [0.1, 0.15) is 53.9 Å². The summed E-state index contributed by atoms with van der Waals surface area (Å²) in [4.78, 5) is 24.5. The normalized spacial score (nSPS) is 18.7. The SMILES string of the molecule is C/C=C/C[C@@H](C)[C@@H](O)[C@H](CC)C(=O)C(C)[C@@H](CO)C(=O)CC. The fourth-order valence-electron chi connectivity index (χ4n) is 2.83. The summed E-state index contributed by atoms with van der Waals surface area (Å²) >= 11 is 0. The van der Waals surface area contributed by atoms with E-state index < -0.39 is 23.9 Å². The minimum atomic E-state index is -0.729. The molecule has 0 aliphatic heterocycles. The van der Waals surface area contributed by atoms with E-state index in [-0.39, 0.29) is 24.1 Å². The highest BCUT2D eigenvalue weighted by atomic mass is 16.3. The van der Waals surface area contributed by atoms with Crippen molar-refractivity contribution in [2.45, 2.75) is 60.0 Å². The van der Waals surface area contributed by atoms with Gasteiger partial charge in [0.1, 0.15) is 11.6 Å². The van der Waals surface area contributed by atoms with Gasteiger partial charge >= 0.3 is 0 Å². The summed E-state index contributed by atoms with van der Waals surface area (Å²) in [5.41, 5.74) is 0. The highest BCUT2D eigenvalue weighted by Gasteiger charge is 2.36. The Hall–Kier alpha value is -1.00. The molecule has 0 radical (unpaired) electrons. The van der Waals surface area contributed by atoms with Gasteiger partial charge in [0.2, 0.25) is 0 Å². The first-order chi connectivity index (χ1) is 10.3. The second kappa shape index (κ2) is 10.7. The van der Waals surface area contributed by atoms with E-state index in [0.29, 0.717) is 19.3 Å². The molecule has 0 aromatic heterocycles. The van der Waals surface area contributed by atoms with Crippen LogP contribution in [0.2, 0.25) is 0 Å². The molecule has 128 valence electrons. The Morgan fingerprint density at radius 2 is 1.73 bits per heavy atom. The van der Waals surface area contributed by atoms with Gasteiger partial charge in [-0.25, -0.2) is 0 Å². The summed E-state index contributed by atoms with van der Waals surface area (Å²) < 4.78 is 0. The van der Waals surface area contributed by atoms with Crippen molar-refractivity contribution in [2.24, 2.45) is 23.7 Å². The molecule has 5 atom stereocenters. The summed E-state index contributed by atoms with van der Waals surface area (Å²) in [5, 5.41) is 19.9. The van der Waals surface area contributed by atoms with E-state index in [1.807, 2.05) is 32.9 Å². The van der Waals surface area contributed by atoms with Crippen LogP contribution < -0.4 is 0 Å². The first-order valence-electron chi connectivity index (χ1n) is 8.31. The van der Waals surface area contributed by atoms with Crippen LogP contribution in [0.5, 0.6) is 0 Å². The zero-order valence-corrected chi connectivity index (χ0v) is 14.6. The van der Waals surface area contributed by atoms with Gasteiger partial charge in [0, 0.05) is 18.3 Å². The lowest BCUT2D eigenvalue weighted by atomic mass is 9.76. The number of Topliss-reactive ketones (excluding diaryl/α,β-unsaturated/α-hetero) is 2. The predicted octanol–water partition coefficient (Wildman–Crippen LogP) is 2.77. The lowest BCUT2D eigenvalue weighted by molar-refractivity contribution is -0.138. The van der Waals surface area contributed by atoms with Gasteiger partial charge in [0.05, 0.1) is 18.6 Å². The molecule has 0 aromatic rings. The minimum Gasteiger partial charge on any atom is -0.396 e. The molecule has 22 heavy (non-hydrogen) atoms. The molecule has 0 amide bonds. The number of carbonyl (C=O) groups excluding carboxylic acids is 2. The number of ketones is 2. The van der Waals surface area contributed by atoms with E-state index >= 15 is 0 Å². The Kier molecular flexibility index (Phi) is 10.2. The van der Waals surface area contributed by atoms with Crippen LogP contribution >= 0.6 is 0 Å². The fraction of sp³-hybridized carbons (Fsp3) is 0.778. The lowest BCUT2D eigenvalue weighted by Crippen LogP contribution is -2.40. The number of carbonyl (C=O) groups is 2. The Labute approximate surface area is 134 Å². The van der Waals surface area contributed by atoms with Crippen molar-refractivity contribution >= 4 is 11.6 Å². The predicted molar refractivity (Wildman–Crippen MR) is 88.4 cm³/mol. The minimum absolute atomic E-state index is 0.0215. The largest absolute Gasteiger partial charge is 0.396 e. The molecule has 4 nitrogen and oxygen atoms in total. The Morgan fingerprint density at radius 1 is 1.14 bits per heavy atom. The number of hydrogen-bond acceptors (Lipinski definition) is 4. The monoisotopic (exact) mass is 312 g/mol. The third kappa shape index (κ3) is 5.65. The van der Waals surface area contributed by atoms with Gasteiger partial charge < -0.3 is 10.2 Å². The van der Waals surface area contributed by atoms with E-state index in [0.717, 1.165) is 0 Å². The molecular weight excluding hydrogens is 280 g/mol. The van der Waals surface area contributed by atoms with Crippen molar-refractivity contribution in [3.63, 3.8) is 0 Å². The van der Waals surface area contributed by atoms with E-state index in [4.69, 9.17) is 0 Å². The molecule has 0 saturated carbocycles. The zero-order chi connectivity index (χ0) is 17.3. The molecule has 0 spiro atoms. The molecule has 0 rings (SSSR count). The maximum absolute atomic E-state index is 12.7. The molecular formula is C18H32O4. The Bertz CT molecular complexity index is 375. The van der Waals surface area contributed by atoms with Crippen molar-refractivity contribution < 1.29 is 19.8 Å². The smallest absolute Gasteiger partial charge is 0.142 e. The van der Waals surface area contributed by atoms with Crippen molar-refractivity contribution in [1.82, 2.24) is 0 Å². The summed E-state index contributed by atoms with van der Waals surface area (Å²) in [6.07, 6.45) is 4.73. The molecule has 4 heteroatoms. The number of allylic oxidation sites excluding steroid dienone is 2. The van der Waals surface area contributed by atoms with Crippen LogP contribution in [0.3, 0.4) is 0 Å². The van der Waals surface area contributed by atoms with Crippen LogP contribution in [0, 0.1) is 23.7 Å². The van der Waals surface area contributed by atoms with Gasteiger partial charge in [-0.05, 0) is 25.7 Å². The van der Waals surface area contributed by atoms with Gasteiger partial charge in [-0.3, -0.25) is 9.59 Å². The van der Waals surface area contributed by atoms with Gasteiger partial charge in [-0.1, -0.05) is 39.8 Å². The number of rotatable bonds is 11. The highest BCUT2D eigenvalue weighted by Crippen LogP contribution is 2.27. The van der Waals surface area contributed by atoms with Crippen LogP contribution in [0.4, 0.5) is 0 Å². The maximum Gasteiger partial charge on any atom is 0.142 e. The summed E-state index contributed by atoms with van der Waals surface area (Å²) in [7, 11) is 0. The van der Waals surface area contributed by atoms with E-state index in [2.05, 4.69) is 0 Å². The van der Waals surface area contributed by atoms with Gasteiger partial charge in [-0.2, -0.15) is 0 Å². The van der Waals surface area contributed by atoms with Crippen LogP contribution in [0.25, 0.3) is 0 Å². The molecule has 2 N–H and O–H groups in total. The first kappa shape index (κ1) is 21.0. The molecule has 0 heterocycles. The van der Waals surface area contributed by atoms with Gasteiger partial charge in [0.15, 0.2) is 0 Å². The summed E-state index contributed by atoms with van der Waals surface area (Å²) in [6.45, 7) is 8.81. The maximum atomic E-state index is 12.7. The molecule has 0 fully saturated rings. The standard InChI is InChI=1S/C18H32O4/c1-6-9-10-12(4)17(21)14(7-2)18(22)13(5)15(11-19)16(20)8-3/h6,9,12-15,17,19,21H,7-8,10-11H2,1-5H3/b9-6+/t12-,13?,14+,15-,17-/m1/s1. The lowest BCUT2D eigenvalue weighted by Gasteiger charge is -2.29. The third-order valence-electron chi connectivity index (χ3n) is 4.56. The van der Waals surface area contributed by atoms with Crippen LogP contribution in [-0.4, -0.2) is 34.5 Å². The van der Waals surface area contributed by atoms with Gasteiger partial charge in [0.25, 0.3) is 0 Å². The third-order valence-corrected chi connectivity index (χ3v) is 4.56. The topological polar surface area (TPSA) is 74.6 Å². The van der Waals surface area contributed by atoms with Crippen molar-refractivity contribution in [2.75, 3.05) is 6.61 Å². The van der Waals surface area contributed by atoms with Crippen molar-refractivity contribution in [1.29, 1.82) is 0 Å². The molecule has 1 unspecified atom stereocenters. The Balaban J connectivity index is 5.06. The average Bonchev–Trinajstić information content (AvgIpc) is 2.52. The van der Waals surface area contributed by atoms with Crippen LogP contribution in [-0.2, 0) is 9.59 Å². The molecule has 0 aromatic carbocycles. The van der Waals surface area contributed by atoms with Crippen molar-refractivity contribution in [3.05, 3.63) is 12.2 Å².